The standard InChI is InChI=1S/C28H40O7Si/c1-16-21-13-20(26(17(2)29)33-18(3)30)15-24(32-8)27(21)34-25(16)19-11-12-22(23(14-19)31-7)35-36(9,10)28(4,5)6/h11-17,25-26,29H,1-10H3/t16-,17?,25-,26?/m0/s1. The van der Waals surface area contributed by atoms with Crippen molar-refractivity contribution in [2.24, 2.45) is 0 Å². The highest BCUT2D eigenvalue weighted by atomic mass is 28.4. The van der Waals surface area contributed by atoms with Crippen molar-refractivity contribution >= 4 is 14.3 Å². The van der Waals surface area contributed by atoms with Gasteiger partial charge in [0.25, 0.3) is 8.32 Å². The maximum Gasteiger partial charge on any atom is 0.303 e. The summed E-state index contributed by atoms with van der Waals surface area (Å²) < 4.78 is 29.7. The van der Waals surface area contributed by atoms with Crippen LogP contribution in [-0.2, 0) is 9.53 Å². The summed E-state index contributed by atoms with van der Waals surface area (Å²) in [5.74, 6) is 2.08. The summed E-state index contributed by atoms with van der Waals surface area (Å²) in [7, 11) is 1.17. The summed E-state index contributed by atoms with van der Waals surface area (Å²) in [5, 5.41) is 10.3. The summed E-state index contributed by atoms with van der Waals surface area (Å²) in [4.78, 5) is 11.6. The fourth-order valence-electron chi connectivity index (χ4n) is 4.17. The van der Waals surface area contributed by atoms with Gasteiger partial charge in [0.2, 0.25) is 0 Å². The number of methoxy groups -OCH3 is 2. The number of aliphatic hydroxyl groups is 1. The minimum absolute atomic E-state index is 0.0299. The van der Waals surface area contributed by atoms with E-state index in [2.05, 4.69) is 40.8 Å². The number of carbonyl (C=O) groups is 1. The van der Waals surface area contributed by atoms with E-state index in [1.54, 1.807) is 27.2 Å². The second-order valence-corrected chi connectivity index (χ2v) is 15.7. The predicted octanol–water partition coefficient (Wildman–Crippen LogP) is 6.31. The fourth-order valence-corrected chi connectivity index (χ4v) is 5.20. The van der Waals surface area contributed by atoms with E-state index in [0.29, 0.717) is 22.8 Å². The smallest absolute Gasteiger partial charge is 0.303 e. The third-order valence-electron chi connectivity index (χ3n) is 7.26. The Hall–Kier alpha value is -2.71. The Labute approximate surface area is 215 Å². The minimum atomic E-state index is -2.04. The van der Waals surface area contributed by atoms with Crippen molar-refractivity contribution in [1.29, 1.82) is 0 Å². The van der Waals surface area contributed by atoms with Crippen LogP contribution >= 0.6 is 0 Å². The van der Waals surface area contributed by atoms with Crippen LogP contribution in [0.1, 0.15) is 76.4 Å². The third kappa shape index (κ3) is 5.49. The Morgan fingerprint density at radius 3 is 2.22 bits per heavy atom. The van der Waals surface area contributed by atoms with Gasteiger partial charge in [-0.05, 0) is 60.4 Å². The number of aliphatic hydroxyl groups excluding tert-OH is 1. The average Bonchev–Trinajstić information content (AvgIpc) is 3.12. The molecule has 0 bridgehead atoms. The molecule has 2 unspecified atom stereocenters. The van der Waals surface area contributed by atoms with Crippen LogP contribution in [0.2, 0.25) is 18.1 Å². The fraction of sp³-hybridized carbons (Fsp3) is 0.536. The van der Waals surface area contributed by atoms with Crippen molar-refractivity contribution < 1.29 is 33.3 Å². The first-order chi connectivity index (χ1) is 16.7. The van der Waals surface area contributed by atoms with Crippen molar-refractivity contribution in [2.45, 2.75) is 83.9 Å². The maximum atomic E-state index is 11.6. The van der Waals surface area contributed by atoms with Crippen LogP contribution in [0.4, 0.5) is 0 Å². The van der Waals surface area contributed by atoms with Crippen molar-refractivity contribution in [1.82, 2.24) is 0 Å². The quantitative estimate of drug-likeness (QED) is 0.325. The zero-order chi connectivity index (χ0) is 27.0. The van der Waals surface area contributed by atoms with Gasteiger partial charge in [0.1, 0.15) is 11.9 Å². The molecule has 0 fully saturated rings. The largest absolute Gasteiger partial charge is 0.541 e. The lowest BCUT2D eigenvalue weighted by Crippen LogP contribution is -2.43. The molecule has 0 radical (unpaired) electrons. The van der Waals surface area contributed by atoms with E-state index in [0.717, 1.165) is 16.9 Å². The molecule has 198 valence electrons. The lowest BCUT2D eigenvalue weighted by Gasteiger charge is -2.36. The Bertz CT molecular complexity index is 1100. The molecule has 7 nitrogen and oxygen atoms in total. The van der Waals surface area contributed by atoms with Gasteiger partial charge in [-0.25, -0.2) is 0 Å². The molecule has 0 saturated heterocycles. The molecule has 4 atom stereocenters. The molecule has 1 heterocycles. The molecular weight excluding hydrogens is 476 g/mol. The van der Waals surface area contributed by atoms with Crippen LogP contribution in [0, 0.1) is 0 Å². The Kier molecular flexibility index (Phi) is 8.00. The number of carbonyl (C=O) groups excluding carboxylic acids is 1. The number of rotatable bonds is 8. The monoisotopic (exact) mass is 516 g/mol. The predicted molar refractivity (Wildman–Crippen MR) is 142 cm³/mol. The molecule has 0 aliphatic carbocycles. The molecule has 1 N–H and O–H groups in total. The molecule has 2 aromatic rings. The third-order valence-corrected chi connectivity index (χ3v) is 11.6. The van der Waals surface area contributed by atoms with E-state index >= 15 is 0 Å². The molecule has 1 aliphatic rings. The molecular formula is C28H40O7Si. The van der Waals surface area contributed by atoms with E-state index in [1.165, 1.54) is 6.92 Å². The molecule has 8 heteroatoms. The normalized spacial score (nSPS) is 19.1. The average molecular weight is 517 g/mol. The highest BCUT2D eigenvalue weighted by Crippen LogP contribution is 2.52. The van der Waals surface area contributed by atoms with Gasteiger partial charge in [-0.2, -0.15) is 0 Å². The van der Waals surface area contributed by atoms with E-state index in [-0.39, 0.29) is 17.1 Å². The first-order valence-corrected chi connectivity index (χ1v) is 15.2. The van der Waals surface area contributed by atoms with E-state index in [4.69, 9.17) is 23.4 Å². The Morgan fingerprint density at radius 2 is 1.69 bits per heavy atom. The van der Waals surface area contributed by atoms with E-state index in [1.807, 2.05) is 24.3 Å². The summed E-state index contributed by atoms with van der Waals surface area (Å²) in [5.41, 5.74) is 2.53. The number of esters is 1. The SMILES string of the molecule is COc1cc([C@H]2Oc3c(OC)cc(C(OC(C)=O)C(C)O)cc3[C@@H]2C)ccc1O[Si](C)(C)C(C)(C)C. The molecule has 0 amide bonds. The first-order valence-electron chi connectivity index (χ1n) is 12.3. The van der Waals surface area contributed by atoms with Gasteiger partial charge in [-0.15, -0.1) is 0 Å². The summed E-state index contributed by atoms with van der Waals surface area (Å²) in [6.45, 7) is 16.0. The Balaban J connectivity index is 1.97. The van der Waals surface area contributed by atoms with Crippen LogP contribution in [0.25, 0.3) is 0 Å². The van der Waals surface area contributed by atoms with Crippen molar-refractivity contribution in [3.8, 4) is 23.0 Å². The molecule has 3 rings (SSSR count). The molecule has 1 aliphatic heterocycles. The second-order valence-electron chi connectivity index (χ2n) is 11.0. The van der Waals surface area contributed by atoms with Gasteiger partial charge in [-0.1, -0.05) is 33.8 Å². The lowest BCUT2D eigenvalue weighted by atomic mass is 9.90. The lowest BCUT2D eigenvalue weighted by molar-refractivity contribution is -0.152. The number of hydrogen-bond donors (Lipinski definition) is 1. The van der Waals surface area contributed by atoms with Gasteiger partial charge < -0.3 is 28.5 Å². The number of fused-ring (bicyclic) bond motifs is 1. The first kappa shape index (κ1) is 27.9. The highest BCUT2D eigenvalue weighted by molar-refractivity contribution is 6.74. The zero-order valence-corrected chi connectivity index (χ0v) is 24.1. The summed E-state index contributed by atoms with van der Waals surface area (Å²) in [6.07, 6.45) is -1.97. The summed E-state index contributed by atoms with van der Waals surface area (Å²) >= 11 is 0. The van der Waals surface area contributed by atoms with Gasteiger partial charge in [0.05, 0.1) is 20.3 Å². The van der Waals surface area contributed by atoms with Gasteiger partial charge in [0.15, 0.2) is 23.4 Å². The number of benzene rings is 2. The topological polar surface area (TPSA) is 83.5 Å². The van der Waals surface area contributed by atoms with Gasteiger partial charge in [0, 0.05) is 18.4 Å². The molecule has 0 saturated carbocycles. The molecule has 36 heavy (non-hydrogen) atoms. The van der Waals surface area contributed by atoms with Crippen LogP contribution in [0.3, 0.4) is 0 Å². The van der Waals surface area contributed by atoms with Crippen molar-refractivity contribution in [3.63, 3.8) is 0 Å². The molecule has 0 spiro atoms. The van der Waals surface area contributed by atoms with Gasteiger partial charge >= 0.3 is 5.97 Å². The molecule has 2 aromatic carbocycles. The zero-order valence-electron chi connectivity index (χ0n) is 23.1. The van der Waals surface area contributed by atoms with E-state index < -0.39 is 26.5 Å². The van der Waals surface area contributed by atoms with Gasteiger partial charge in [-0.3, -0.25) is 4.79 Å². The van der Waals surface area contributed by atoms with Crippen LogP contribution in [0.15, 0.2) is 30.3 Å². The number of ether oxygens (including phenoxy) is 4. The Morgan fingerprint density at radius 1 is 1.06 bits per heavy atom. The second kappa shape index (κ2) is 10.3. The van der Waals surface area contributed by atoms with E-state index in [9.17, 15) is 9.90 Å². The maximum absolute atomic E-state index is 11.6. The van der Waals surface area contributed by atoms with Crippen LogP contribution in [0.5, 0.6) is 23.0 Å². The van der Waals surface area contributed by atoms with Crippen LogP contribution < -0.4 is 18.6 Å². The van der Waals surface area contributed by atoms with Crippen molar-refractivity contribution in [3.05, 3.63) is 47.0 Å². The minimum Gasteiger partial charge on any atom is -0.541 e. The highest BCUT2D eigenvalue weighted by Gasteiger charge is 2.40. The molecule has 0 aromatic heterocycles. The number of hydrogen-bond acceptors (Lipinski definition) is 7. The van der Waals surface area contributed by atoms with Crippen LogP contribution in [-0.4, -0.2) is 39.7 Å². The summed E-state index contributed by atoms with van der Waals surface area (Å²) in [6, 6.07) is 9.63. The van der Waals surface area contributed by atoms with Crippen molar-refractivity contribution in [2.75, 3.05) is 14.2 Å².